The predicted molar refractivity (Wildman–Crippen MR) is 101 cm³/mol. The van der Waals surface area contributed by atoms with Gasteiger partial charge in [-0.1, -0.05) is 87.0 Å². The van der Waals surface area contributed by atoms with Gasteiger partial charge in [-0.25, -0.2) is 4.39 Å². The molecule has 3 rings (SSSR count). The van der Waals surface area contributed by atoms with Gasteiger partial charge in [0.25, 0.3) is 0 Å². The van der Waals surface area contributed by atoms with Crippen LogP contribution in [0.1, 0.15) is 31.4 Å². The highest BCUT2D eigenvalue weighted by atomic mass is 19.1. The third kappa shape index (κ3) is 3.26. The zero-order chi connectivity index (χ0) is 16.9. The molecule has 0 unspecified atom stereocenters. The molecule has 0 aliphatic carbocycles. The second kappa shape index (κ2) is 7.44. The van der Waals surface area contributed by atoms with E-state index in [4.69, 9.17) is 0 Å². The van der Waals surface area contributed by atoms with Crippen molar-refractivity contribution < 1.29 is 4.39 Å². The maximum atomic E-state index is 15.3. The summed E-state index contributed by atoms with van der Waals surface area (Å²) in [7, 11) is 0. The lowest BCUT2D eigenvalue weighted by Gasteiger charge is -2.14. The van der Waals surface area contributed by atoms with Gasteiger partial charge in [-0.2, -0.15) is 0 Å². The number of halogens is 1. The summed E-state index contributed by atoms with van der Waals surface area (Å²) in [5.41, 5.74) is 5.63. The van der Waals surface area contributed by atoms with Crippen LogP contribution in [0.4, 0.5) is 4.39 Å². The molecule has 0 fully saturated rings. The molecular formula is C23H23F. The fraction of sp³-hybridized carbons (Fsp3) is 0.217. The van der Waals surface area contributed by atoms with Crippen LogP contribution in [0.2, 0.25) is 0 Å². The second-order valence-corrected chi connectivity index (χ2v) is 6.13. The summed E-state index contributed by atoms with van der Waals surface area (Å²) in [5, 5.41) is 0. The second-order valence-electron chi connectivity index (χ2n) is 6.13. The number of aryl methyl sites for hydroxylation is 2. The first-order valence-corrected chi connectivity index (χ1v) is 8.70. The van der Waals surface area contributed by atoms with Gasteiger partial charge in [-0.05, 0) is 35.1 Å². The van der Waals surface area contributed by atoms with Gasteiger partial charge in [0, 0.05) is 11.1 Å². The molecule has 0 nitrogen and oxygen atoms in total. The van der Waals surface area contributed by atoms with Crippen LogP contribution >= 0.6 is 0 Å². The molecule has 0 amide bonds. The quantitative estimate of drug-likeness (QED) is 0.492. The number of benzene rings is 3. The number of hydrogen-bond donors (Lipinski definition) is 0. The van der Waals surface area contributed by atoms with Gasteiger partial charge >= 0.3 is 0 Å². The van der Waals surface area contributed by atoms with Crippen molar-refractivity contribution in [3.05, 3.63) is 83.7 Å². The van der Waals surface area contributed by atoms with Crippen LogP contribution in [0.3, 0.4) is 0 Å². The topological polar surface area (TPSA) is 0 Å². The first-order chi connectivity index (χ1) is 11.7. The van der Waals surface area contributed by atoms with E-state index in [1.165, 1.54) is 5.56 Å². The van der Waals surface area contributed by atoms with E-state index in [2.05, 4.69) is 32.0 Å². The monoisotopic (exact) mass is 318 g/mol. The van der Waals surface area contributed by atoms with E-state index in [9.17, 15) is 0 Å². The molecule has 0 saturated carbocycles. The average Bonchev–Trinajstić information content (AvgIpc) is 2.63. The number of rotatable bonds is 5. The SMILES string of the molecule is CCCc1ccc(-c2ccc(CC)c(-c3ccccc3)c2F)cc1. The van der Waals surface area contributed by atoms with Crippen molar-refractivity contribution >= 4 is 0 Å². The van der Waals surface area contributed by atoms with Crippen molar-refractivity contribution in [3.63, 3.8) is 0 Å². The zero-order valence-corrected chi connectivity index (χ0v) is 14.4. The van der Waals surface area contributed by atoms with Crippen LogP contribution in [0.5, 0.6) is 0 Å². The zero-order valence-electron chi connectivity index (χ0n) is 14.4. The molecule has 122 valence electrons. The molecular weight excluding hydrogens is 295 g/mol. The minimum atomic E-state index is -0.121. The van der Waals surface area contributed by atoms with Gasteiger partial charge < -0.3 is 0 Å². The molecule has 1 heteroatoms. The fourth-order valence-corrected chi connectivity index (χ4v) is 3.19. The van der Waals surface area contributed by atoms with E-state index in [0.717, 1.165) is 41.5 Å². The number of hydrogen-bond acceptors (Lipinski definition) is 0. The molecule has 0 aromatic heterocycles. The maximum Gasteiger partial charge on any atom is 0.139 e. The Morgan fingerprint density at radius 2 is 1.46 bits per heavy atom. The van der Waals surface area contributed by atoms with Gasteiger partial charge in [0.15, 0.2) is 0 Å². The van der Waals surface area contributed by atoms with Crippen molar-refractivity contribution in [3.8, 4) is 22.3 Å². The van der Waals surface area contributed by atoms with Gasteiger partial charge in [0.2, 0.25) is 0 Å². The first-order valence-electron chi connectivity index (χ1n) is 8.70. The van der Waals surface area contributed by atoms with Gasteiger partial charge in [-0.3, -0.25) is 0 Å². The lowest BCUT2D eigenvalue weighted by Crippen LogP contribution is -1.96. The lowest BCUT2D eigenvalue weighted by atomic mass is 9.92. The fourth-order valence-electron chi connectivity index (χ4n) is 3.19. The summed E-state index contributed by atoms with van der Waals surface area (Å²) in [4.78, 5) is 0. The highest BCUT2D eigenvalue weighted by Crippen LogP contribution is 2.34. The molecule has 24 heavy (non-hydrogen) atoms. The standard InChI is InChI=1S/C23H23F/c1-3-8-17-11-13-19(14-12-17)21-16-15-18(4-2)22(23(21)24)20-9-6-5-7-10-20/h5-7,9-16H,3-4,8H2,1-2H3. The first kappa shape index (κ1) is 16.4. The third-order valence-corrected chi connectivity index (χ3v) is 4.48. The Hall–Kier alpha value is -2.41. The van der Waals surface area contributed by atoms with Crippen molar-refractivity contribution in [2.45, 2.75) is 33.1 Å². The maximum absolute atomic E-state index is 15.3. The Morgan fingerprint density at radius 3 is 2.08 bits per heavy atom. The summed E-state index contributed by atoms with van der Waals surface area (Å²) < 4.78 is 15.3. The summed E-state index contributed by atoms with van der Waals surface area (Å²) in [6.45, 7) is 4.24. The Morgan fingerprint density at radius 1 is 0.750 bits per heavy atom. The van der Waals surface area contributed by atoms with E-state index < -0.39 is 0 Å². The van der Waals surface area contributed by atoms with Gasteiger partial charge in [-0.15, -0.1) is 0 Å². The van der Waals surface area contributed by atoms with Gasteiger partial charge in [0.05, 0.1) is 0 Å². The summed E-state index contributed by atoms with van der Waals surface area (Å²) in [5.74, 6) is -0.121. The van der Waals surface area contributed by atoms with E-state index in [-0.39, 0.29) is 5.82 Å². The Kier molecular flexibility index (Phi) is 5.10. The van der Waals surface area contributed by atoms with Crippen LogP contribution in [0.15, 0.2) is 66.7 Å². The predicted octanol–water partition coefficient (Wildman–Crippen LogP) is 6.67. The molecule has 0 saturated heterocycles. The van der Waals surface area contributed by atoms with Crippen LogP contribution in [-0.4, -0.2) is 0 Å². The summed E-state index contributed by atoms with van der Waals surface area (Å²) in [6.07, 6.45) is 3.00. The van der Waals surface area contributed by atoms with Crippen molar-refractivity contribution in [2.75, 3.05) is 0 Å². The lowest BCUT2D eigenvalue weighted by molar-refractivity contribution is 0.633. The largest absolute Gasteiger partial charge is 0.206 e. The van der Waals surface area contributed by atoms with Crippen LogP contribution in [0, 0.1) is 5.82 Å². The molecule has 0 bridgehead atoms. The normalized spacial score (nSPS) is 10.8. The molecule has 0 radical (unpaired) electrons. The van der Waals surface area contributed by atoms with Crippen LogP contribution < -0.4 is 0 Å². The summed E-state index contributed by atoms with van der Waals surface area (Å²) >= 11 is 0. The Bertz CT molecular complexity index is 801. The van der Waals surface area contributed by atoms with Crippen molar-refractivity contribution in [2.24, 2.45) is 0 Å². The minimum absolute atomic E-state index is 0.121. The van der Waals surface area contributed by atoms with Crippen LogP contribution in [0.25, 0.3) is 22.3 Å². The Labute approximate surface area is 144 Å². The van der Waals surface area contributed by atoms with E-state index in [1.54, 1.807) is 0 Å². The van der Waals surface area contributed by atoms with E-state index in [0.29, 0.717) is 5.56 Å². The van der Waals surface area contributed by atoms with E-state index in [1.807, 2.05) is 48.5 Å². The molecule has 0 aliphatic heterocycles. The smallest absolute Gasteiger partial charge is 0.139 e. The highest BCUT2D eigenvalue weighted by Gasteiger charge is 2.15. The molecule has 0 aliphatic rings. The van der Waals surface area contributed by atoms with Gasteiger partial charge in [0.1, 0.15) is 5.82 Å². The highest BCUT2D eigenvalue weighted by molar-refractivity contribution is 5.76. The van der Waals surface area contributed by atoms with Crippen molar-refractivity contribution in [1.82, 2.24) is 0 Å². The molecule has 0 N–H and O–H groups in total. The average molecular weight is 318 g/mol. The third-order valence-electron chi connectivity index (χ3n) is 4.48. The van der Waals surface area contributed by atoms with E-state index >= 15 is 4.39 Å². The molecule has 3 aromatic rings. The van der Waals surface area contributed by atoms with Crippen LogP contribution in [-0.2, 0) is 12.8 Å². The summed E-state index contributed by atoms with van der Waals surface area (Å²) in [6, 6.07) is 22.1. The molecule has 3 aromatic carbocycles. The van der Waals surface area contributed by atoms with Crippen molar-refractivity contribution in [1.29, 1.82) is 0 Å². The Balaban J connectivity index is 2.10. The molecule has 0 heterocycles. The molecule has 0 atom stereocenters. The minimum Gasteiger partial charge on any atom is -0.206 e. The molecule has 0 spiro atoms.